The Kier molecular flexibility index (Phi) is 6.22. The number of benzene rings is 6. The molecule has 5 heteroatoms. The Bertz CT molecular complexity index is 2840. The Morgan fingerprint density at radius 1 is 0.396 bits per heavy atom. The molecule has 0 N–H and O–H groups in total. The number of hydrogen-bond acceptors (Lipinski definition) is 5. The second-order valence-electron chi connectivity index (χ2n) is 12.0. The largest absolute Gasteiger partial charge is 0.247 e. The molecule has 0 bridgehead atoms. The monoisotopic (exact) mass is 647 g/mol. The Morgan fingerprint density at radius 3 is 1.92 bits per heavy atom. The fraction of sp³-hybridized carbons (Fsp3) is 0. The summed E-state index contributed by atoms with van der Waals surface area (Å²) >= 11 is 3.65. The van der Waals surface area contributed by atoms with Gasteiger partial charge in [-0.05, 0) is 36.4 Å². The van der Waals surface area contributed by atoms with Gasteiger partial charge in [0.1, 0.15) is 0 Å². The first kappa shape index (κ1) is 27.4. The lowest BCUT2D eigenvalue weighted by Gasteiger charge is -2.11. The smallest absolute Gasteiger partial charge is 0.160 e. The van der Waals surface area contributed by atoms with E-state index in [2.05, 4.69) is 146 Å². The molecule has 0 radical (unpaired) electrons. The van der Waals surface area contributed by atoms with Gasteiger partial charge in [-0.2, -0.15) is 0 Å². The van der Waals surface area contributed by atoms with Crippen LogP contribution in [-0.2, 0) is 0 Å². The summed E-state index contributed by atoms with van der Waals surface area (Å²) in [5.41, 5.74) is 8.12. The molecule has 0 spiro atoms. The van der Waals surface area contributed by atoms with Gasteiger partial charge in [0.2, 0.25) is 0 Å². The highest BCUT2D eigenvalue weighted by molar-refractivity contribution is 7.27. The molecular weight excluding hydrogens is 623 g/mol. The Hall–Kier alpha value is -5.75. The molecule has 10 rings (SSSR count). The van der Waals surface area contributed by atoms with E-state index < -0.39 is 0 Å². The summed E-state index contributed by atoms with van der Waals surface area (Å²) in [6.07, 6.45) is 0. The van der Waals surface area contributed by atoms with Gasteiger partial charge in [-0.25, -0.2) is 15.0 Å². The van der Waals surface area contributed by atoms with Crippen molar-refractivity contribution in [1.29, 1.82) is 0 Å². The highest BCUT2D eigenvalue weighted by Crippen LogP contribution is 2.44. The number of aromatic nitrogens is 3. The number of para-hydroxylation sites is 1. The van der Waals surface area contributed by atoms with Crippen molar-refractivity contribution in [2.45, 2.75) is 0 Å². The van der Waals surface area contributed by atoms with Gasteiger partial charge in [-0.1, -0.05) is 115 Å². The van der Waals surface area contributed by atoms with Crippen molar-refractivity contribution in [2.24, 2.45) is 0 Å². The molecule has 6 aromatic carbocycles. The van der Waals surface area contributed by atoms with Gasteiger partial charge in [-0.15, -0.1) is 22.7 Å². The van der Waals surface area contributed by atoms with Crippen LogP contribution in [0.1, 0.15) is 0 Å². The van der Waals surface area contributed by atoms with Crippen LogP contribution in [0.2, 0.25) is 0 Å². The fourth-order valence-electron chi connectivity index (χ4n) is 6.83. The molecule has 48 heavy (non-hydrogen) atoms. The first-order valence-electron chi connectivity index (χ1n) is 15.9. The predicted octanol–water partition coefficient (Wildman–Crippen LogP) is 12.4. The van der Waals surface area contributed by atoms with Crippen LogP contribution in [0.5, 0.6) is 0 Å². The van der Waals surface area contributed by atoms with E-state index >= 15 is 0 Å². The summed E-state index contributed by atoms with van der Waals surface area (Å²) in [7, 11) is 0. The zero-order valence-electron chi connectivity index (χ0n) is 25.6. The Labute approximate surface area is 284 Å². The third kappa shape index (κ3) is 4.36. The van der Waals surface area contributed by atoms with Crippen LogP contribution in [0.25, 0.3) is 96.4 Å². The van der Waals surface area contributed by atoms with E-state index in [0.29, 0.717) is 5.82 Å². The van der Waals surface area contributed by atoms with Crippen LogP contribution in [0.15, 0.2) is 152 Å². The normalized spacial score (nSPS) is 11.8. The second kappa shape index (κ2) is 10.9. The average molecular weight is 648 g/mol. The zero-order chi connectivity index (χ0) is 31.6. The molecular formula is C43H25N3S2. The topological polar surface area (TPSA) is 38.7 Å². The van der Waals surface area contributed by atoms with E-state index in [1.807, 2.05) is 28.7 Å². The number of pyridine rings is 1. The molecule has 0 aliphatic rings. The Balaban J connectivity index is 1.24. The molecule has 0 aliphatic heterocycles. The predicted molar refractivity (Wildman–Crippen MR) is 205 cm³/mol. The average Bonchev–Trinajstić information content (AvgIpc) is 3.74. The van der Waals surface area contributed by atoms with Crippen molar-refractivity contribution in [2.75, 3.05) is 0 Å². The molecule has 0 saturated carbocycles. The van der Waals surface area contributed by atoms with E-state index in [4.69, 9.17) is 15.0 Å². The molecule has 224 valence electrons. The number of thiophene rings is 2. The van der Waals surface area contributed by atoms with Crippen LogP contribution in [0, 0.1) is 0 Å². The van der Waals surface area contributed by atoms with Gasteiger partial charge in [0.25, 0.3) is 0 Å². The zero-order valence-corrected chi connectivity index (χ0v) is 27.2. The molecule has 10 aromatic rings. The van der Waals surface area contributed by atoms with Crippen LogP contribution < -0.4 is 0 Å². The minimum atomic E-state index is 0.709. The van der Waals surface area contributed by atoms with Gasteiger partial charge in [0.05, 0.1) is 22.6 Å². The van der Waals surface area contributed by atoms with E-state index in [1.165, 1.54) is 45.7 Å². The van der Waals surface area contributed by atoms with Gasteiger partial charge < -0.3 is 0 Å². The summed E-state index contributed by atoms with van der Waals surface area (Å²) in [5, 5.41) is 6.06. The molecule has 0 amide bonds. The van der Waals surface area contributed by atoms with Crippen LogP contribution in [-0.4, -0.2) is 15.0 Å². The number of hydrogen-bond donors (Lipinski definition) is 0. The first-order chi connectivity index (χ1) is 23.8. The highest BCUT2D eigenvalue weighted by Gasteiger charge is 2.19. The molecule has 0 aliphatic carbocycles. The van der Waals surface area contributed by atoms with Crippen molar-refractivity contribution in [1.82, 2.24) is 15.0 Å². The van der Waals surface area contributed by atoms with Crippen molar-refractivity contribution in [3.63, 3.8) is 0 Å². The SMILES string of the molecule is c1ccc(-c2cc(-c3cccc4c3sc3ccccc34)nc(-c3ccc4sc5c6ccccc6nc(-c6ccccc6)c5c4c3)n2)cc1. The van der Waals surface area contributed by atoms with Crippen molar-refractivity contribution in [3.8, 4) is 45.2 Å². The first-order valence-corrected chi connectivity index (χ1v) is 17.6. The van der Waals surface area contributed by atoms with Crippen LogP contribution in [0.4, 0.5) is 0 Å². The molecule has 0 fully saturated rings. The molecule has 0 unspecified atom stereocenters. The minimum absolute atomic E-state index is 0.709. The second-order valence-corrected chi connectivity index (χ2v) is 14.1. The van der Waals surface area contributed by atoms with Crippen molar-refractivity contribution in [3.05, 3.63) is 152 Å². The Morgan fingerprint density at radius 2 is 1.06 bits per heavy atom. The fourth-order valence-corrected chi connectivity index (χ4v) is 9.27. The van der Waals surface area contributed by atoms with E-state index in [-0.39, 0.29) is 0 Å². The maximum Gasteiger partial charge on any atom is 0.160 e. The number of nitrogens with zero attached hydrogens (tertiary/aromatic N) is 3. The standard InChI is InChI=1S/C43H25N3S2/c1-3-12-26(13-4-1)35-25-36(32-19-11-18-30-29-16-8-10-21-37(29)47-41(30)32)46-43(45-35)28-22-23-38-33(24-28)39-40(27-14-5-2-6-15-27)44-34-20-9-7-17-31(34)42(39)48-38/h1-25H. The number of rotatable bonds is 4. The quantitative estimate of drug-likeness (QED) is 0.191. The van der Waals surface area contributed by atoms with Gasteiger partial charge >= 0.3 is 0 Å². The summed E-state index contributed by atoms with van der Waals surface area (Å²) in [6.45, 7) is 0. The van der Waals surface area contributed by atoms with E-state index in [9.17, 15) is 0 Å². The third-order valence-electron chi connectivity index (χ3n) is 9.09. The van der Waals surface area contributed by atoms with Crippen molar-refractivity contribution >= 4 is 73.9 Å². The molecule has 0 saturated heterocycles. The summed E-state index contributed by atoms with van der Waals surface area (Å²) in [6, 6.07) is 53.4. The number of fused-ring (bicyclic) bond motifs is 8. The van der Waals surface area contributed by atoms with Crippen molar-refractivity contribution < 1.29 is 0 Å². The molecule has 4 heterocycles. The van der Waals surface area contributed by atoms with E-state index in [1.54, 1.807) is 0 Å². The lowest BCUT2D eigenvalue weighted by molar-refractivity contribution is 1.19. The minimum Gasteiger partial charge on any atom is -0.247 e. The van der Waals surface area contributed by atoms with Gasteiger partial charge in [0, 0.05) is 68.0 Å². The van der Waals surface area contributed by atoms with Gasteiger partial charge in [0.15, 0.2) is 5.82 Å². The lowest BCUT2D eigenvalue weighted by atomic mass is 10.0. The summed E-state index contributed by atoms with van der Waals surface area (Å²) in [5.74, 6) is 0.709. The summed E-state index contributed by atoms with van der Waals surface area (Å²) in [4.78, 5) is 15.7. The van der Waals surface area contributed by atoms with Crippen LogP contribution in [0.3, 0.4) is 0 Å². The highest BCUT2D eigenvalue weighted by atomic mass is 32.1. The van der Waals surface area contributed by atoms with Crippen LogP contribution >= 0.6 is 22.7 Å². The lowest BCUT2D eigenvalue weighted by Crippen LogP contribution is -1.96. The maximum atomic E-state index is 5.30. The van der Waals surface area contributed by atoms with E-state index in [0.717, 1.165) is 44.9 Å². The summed E-state index contributed by atoms with van der Waals surface area (Å²) < 4.78 is 5.00. The maximum absolute atomic E-state index is 5.30. The molecule has 4 aromatic heterocycles. The third-order valence-corrected chi connectivity index (χ3v) is 11.5. The van der Waals surface area contributed by atoms with Gasteiger partial charge in [-0.3, -0.25) is 0 Å². The molecule has 0 atom stereocenters. The molecule has 3 nitrogen and oxygen atoms in total.